The molecular weight excluding hydrogens is 194 g/mol. The molecule has 0 spiro atoms. The fourth-order valence-electron chi connectivity index (χ4n) is 1.22. The Hall–Kier alpha value is -2.30. The summed E-state index contributed by atoms with van der Waals surface area (Å²) in [6.07, 6.45) is 5.97. The van der Waals surface area contributed by atoms with Gasteiger partial charge in [-0.15, -0.1) is 0 Å². The van der Waals surface area contributed by atoms with E-state index >= 15 is 0 Å². The number of rotatable bonds is 2. The van der Waals surface area contributed by atoms with Crippen LogP contribution in [-0.2, 0) is 0 Å². The molecule has 2 heterocycles. The van der Waals surface area contributed by atoms with Gasteiger partial charge in [-0.1, -0.05) is 0 Å². The van der Waals surface area contributed by atoms with Crippen LogP contribution in [0, 0.1) is 0 Å². The van der Waals surface area contributed by atoms with Crippen LogP contribution in [0.1, 0.15) is 10.5 Å². The second kappa shape index (κ2) is 3.83. The number of carboxylic acids is 1. The molecule has 0 fully saturated rings. The standard InChI is InChI=1S/C10H7N3O2/c14-10(15)9-7(2-1-3-13-9)8-6-11-4-5-12-8/h1-6H,(H,14,15). The highest BCUT2D eigenvalue weighted by atomic mass is 16.4. The largest absolute Gasteiger partial charge is 0.476 e. The number of hydrogen-bond acceptors (Lipinski definition) is 4. The second-order valence-electron chi connectivity index (χ2n) is 2.80. The second-order valence-corrected chi connectivity index (χ2v) is 2.80. The van der Waals surface area contributed by atoms with E-state index in [1.807, 2.05) is 0 Å². The Morgan fingerprint density at radius 1 is 1.20 bits per heavy atom. The van der Waals surface area contributed by atoms with E-state index < -0.39 is 5.97 Å². The van der Waals surface area contributed by atoms with Crippen molar-refractivity contribution < 1.29 is 9.90 Å². The summed E-state index contributed by atoms with van der Waals surface area (Å²) >= 11 is 0. The average molecular weight is 201 g/mol. The van der Waals surface area contributed by atoms with E-state index in [4.69, 9.17) is 5.11 Å². The van der Waals surface area contributed by atoms with E-state index in [0.29, 0.717) is 11.3 Å². The highest BCUT2D eigenvalue weighted by Crippen LogP contribution is 2.18. The first-order valence-electron chi connectivity index (χ1n) is 4.24. The Morgan fingerprint density at radius 2 is 2.07 bits per heavy atom. The smallest absolute Gasteiger partial charge is 0.355 e. The number of carboxylic acid groups (broad SMARTS) is 1. The normalized spacial score (nSPS) is 9.87. The first-order valence-corrected chi connectivity index (χ1v) is 4.24. The molecule has 5 nitrogen and oxygen atoms in total. The number of nitrogens with zero attached hydrogens (tertiary/aromatic N) is 3. The highest BCUT2D eigenvalue weighted by molar-refractivity contribution is 5.93. The Morgan fingerprint density at radius 3 is 2.73 bits per heavy atom. The van der Waals surface area contributed by atoms with E-state index in [1.165, 1.54) is 24.8 Å². The number of pyridine rings is 1. The van der Waals surface area contributed by atoms with Gasteiger partial charge in [-0.3, -0.25) is 9.97 Å². The molecule has 2 aromatic heterocycles. The molecule has 0 atom stereocenters. The van der Waals surface area contributed by atoms with Crippen molar-refractivity contribution in [2.75, 3.05) is 0 Å². The molecule has 0 saturated heterocycles. The van der Waals surface area contributed by atoms with Gasteiger partial charge < -0.3 is 5.11 Å². The Bertz CT molecular complexity index is 485. The maximum atomic E-state index is 10.9. The van der Waals surface area contributed by atoms with Crippen LogP contribution < -0.4 is 0 Å². The molecule has 0 unspecified atom stereocenters. The van der Waals surface area contributed by atoms with Crippen molar-refractivity contribution >= 4 is 5.97 Å². The van der Waals surface area contributed by atoms with Gasteiger partial charge in [-0.05, 0) is 12.1 Å². The Kier molecular flexibility index (Phi) is 2.37. The molecule has 0 saturated carbocycles. The van der Waals surface area contributed by atoms with Crippen molar-refractivity contribution in [3.05, 3.63) is 42.6 Å². The zero-order chi connectivity index (χ0) is 10.7. The lowest BCUT2D eigenvalue weighted by molar-refractivity contribution is 0.0691. The zero-order valence-corrected chi connectivity index (χ0v) is 7.66. The average Bonchev–Trinajstić information content (AvgIpc) is 2.30. The van der Waals surface area contributed by atoms with E-state index in [1.54, 1.807) is 12.1 Å². The maximum absolute atomic E-state index is 10.9. The van der Waals surface area contributed by atoms with Crippen molar-refractivity contribution in [3.8, 4) is 11.3 Å². The van der Waals surface area contributed by atoms with Gasteiger partial charge in [0.25, 0.3) is 0 Å². The van der Waals surface area contributed by atoms with Gasteiger partial charge in [0.15, 0.2) is 5.69 Å². The van der Waals surface area contributed by atoms with E-state index in [2.05, 4.69) is 15.0 Å². The van der Waals surface area contributed by atoms with E-state index in [9.17, 15) is 4.79 Å². The molecule has 0 aliphatic carbocycles. The van der Waals surface area contributed by atoms with Crippen LogP contribution >= 0.6 is 0 Å². The molecule has 0 aliphatic rings. The summed E-state index contributed by atoms with van der Waals surface area (Å²) in [7, 11) is 0. The van der Waals surface area contributed by atoms with Crippen LogP contribution in [0.5, 0.6) is 0 Å². The number of carbonyl (C=O) groups is 1. The molecule has 0 aliphatic heterocycles. The zero-order valence-electron chi connectivity index (χ0n) is 7.66. The Balaban J connectivity index is 2.58. The highest BCUT2D eigenvalue weighted by Gasteiger charge is 2.12. The summed E-state index contributed by atoms with van der Waals surface area (Å²) in [5, 5.41) is 8.92. The van der Waals surface area contributed by atoms with Crippen molar-refractivity contribution in [2.45, 2.75) is 0 Å². The minimum atomic E-state index is -1.07. The Labute approximate surface area is 85.5 Å². The first kappa shape index (κ1) is 9.26. The van der Waals surface area contributed by atoms with Crippen molar-refractivity contribution in [3.63, 3.8) is 0 Å². The van der Waals surface area contributed by atoms with E-state index in [-0.39, 0.29) is 5.69 Å². The molecule has 0 aromatic carbocycles. The van der Waals surface area contributed by atoms with Crippen LogP contribution in [-0.4, -0.2) is 26.0 Å². The molecule has 0 radical (unpaired) electrons. The SMILES string of the molecule is O=C(O)c1ncccc1-c1cnccn1. The lowest BCUT2D eigenvalue weighted by atomic mass is 10.1. The molecule has 15 heavy (non-hydrogen) atoms. The van der Waals surface area contributed by atoms with Gasteiger partial charge in [-0.25, -0.2) is 9.78 Å². The summed E-state index contributed by atoms with van der Waals surface area (Å²) in [5.74, 6) is -1.07. The quantitative estimate of drug-likeness (QED) is 0.790. The fourth-order valence-corrected chi connectivity index (χ4v) is 1.22. The number of hydrogen-bond donors (Lipinski definition) is 1. The van der Waals surface area contributed by atoms with Gasteiger partial charge >= 0.3 is 5.97 Å². The van der Waals surface area contributed by atoms with Crippen LogP contribution in [0.15, 0.2) is 36.9 Å². The third-order valence-electron chi connectivity index (χ3n) is 1.85. The van der Waals surface area contributed by atoms with Gasteiger partial charge in [0.1, 0.15) is 0 Å². The van der Waals surface area contributed by atoms with Crippen LogP contribution in [0.25, 0.3) is 11.3 Å². The fraction of sp³-hybridized carbons (Fsp3) is 0. The molecule has 5 heteroatoms. The van der Waals surface area contributed by atoms with Gasteiger partial charge in [0.05, 0.1) is 11.9 Å². The van der Waals surface area contributed by atoms with Crippen LogP contribution in [0.4, 0.5) is 0 Å². The summed E-state index contributed by atoms with van der Waals surface area (Å²) in [6, 6.07) is 3.32. The third-order valence-corrected chi connectivity index (χ3v) is 1.85. The first-order chi connectivity index (χ1) is 7.29. The van der Waals surface area contributed by atoms with Crippen molar-refractivity contribution in [1.82, 2.24) is 15.0 Å². The van der Waals surface area contributed by atoms with E-state index in [0.717, 1.165) is 0 Å². The number of aromatic carboxylic acids is 1. The molecule has 2 aromatic rings. The minimum absolute atomic E-state index is 0.0157. The van der Waals surface area contributed by atoms with Gasteiger partial charge in [0, 0.05) is 24.2 Å². The summed E-state index contributed by atoms with van der Waals surface area (Å²) in [5.41, 5.74) is 0.958. The van der Waals surface area contributed by atoms with Crippen molar-refractivity contribution in [1.29, 1.82) is 0 Å². The van der Waals surface area contributed by atoms with Gasteiger partial charge in [-0.2, -0.15) is 0 Å². The third kappa shape index (κ3) is 1.80. The topological polar surface area (TPSA) is 76.0 Å². The molecule has 2 rings (SSSR count). The minimum Gasteiger partial charge on any atom is -0.476 e. The molecular formula is C10H7N3O2. The van der Waals surface area contributed by atoms with Crippen LogP contribution in [0.3, 0.4) is 0 Å². The number of aromatic nitrogens is 3. The lowest BCUT2D eigenvalue weighted by Crippen LogP contribution is -2.03. The summed E-state index contributed by atoms with van der Waals surface area (Å²) < 4.78 is 0. The summed E-state index contributed by atoms with van der Waals surface area (Å²) in [4.78, 5) is 22.6. The van der Waals surface area contributed by atoms with Crippen LogP contribution in [0.2, 0.25) is 0 Å². The lowest BCUT2D eigenvalue weighted by Gasteiger charge is -2.02. The molecule has 1 N–H and O–H groups in total. The van der Waals surface area contributed by atoms with Crippen molar-refractivity contribution in [2.24, 2.45) is 0 Å². The molecule has 0 amide bonds. The summed E-state index contributed by atoms with van der Waals surface area (Å²) in [6.45, 7) is 0. The maximum Gasteiger partial charge on any atom is 0.355 e. The molecule has 74 valence electrons. The molecule has 0 bridgehead atoms. The predicted molar refractivity (Wildman–Crippen MR) is 52.2 cm³/mol. The van der Waals surface area contributed by atoms with Gasteiger partial charge in [0.2, 0.25) is 0 Å². The monoisotopic (exact) mass is 201 g/mol. The predicted octanol–water partition coefficient (Wildman–Crippen LogP) is 1.24.